The minimum atomic E-state index is 0.436. The lowest BCUT2D eigenvalue weighted by molar-refractivity contribution is 0.122. The zero-order chi connectivity index (χ0) is 18.6. The van der Waals surface area contributed by atoms with Crippen LogP contribution in [-0.2, 0) is 4.74 Å². The predicted molar refractivity (Wildman–Crippen MR) is 108 cm³/mol. The predicted octanol–water partition coefficient (Wildman–Crippen LogP) is 5.38. The molecule has 1 fully saturated rings. The number of hydrogen-bond acceptors (Lipinski definition) is 8. The molecule has 3 aromatic rings. The van der Waals surface area contributed by atoms with Crippen molar-refractivity contribution in [1.82, 2.24) is 9.36 Å². The van der Waals surface area contributed by atoms with Gasteiger partial charge >= 0.3 is 0 Å². The average Bonchev–Trinajstić information content (AvgIpc) is 3.30. The van der Waals surface area contributed by atoms with Crippen molar-refractivity contribution in [2.75, 3.05) is 31.2 Å². The first-order valence-electron chi connectivity index (χ1n) is 8.40. The number of hydrogen-bond donors (Lipinski definition) is 0. The van der Waals surface area contributed by atoms with Gasteiger partial charge in [-0.25, -0.2) is 14.2 Å². The first-order valence-corrected chi connectivity index (χ1v) is 9.99. The molecule has 0 unspecified atom stereocenters. The fourth-order valence-electron chi connectivity index (χ4n) is 2.68. The highest BCUT2D eigenvalue weighted by Gasteiger charge is 2.18. The molecule has 136 valence electrons. The van der Waals surface area contributed by atoms with Crippen molar-refractivity contribution < 1.29 is 4.74 Å². The van der Waals surface area contributed by atoms with Gasteiger partial charge in [0, 0.05) is 13.1 Å². The molecule has 0 atom stereocenters. The number of benzene rings is 1. The van der Waals surface area contributed by atoms with Crippen LogP contribution >= 0.6 is 22.9 Å². The summed E-state index contributed by atoms with van der Waals surface area (Å²) < 4.78 is 9.80. The van der Waals surface area contributed by atoms with Gasteiger partial charge < -0.3 is 9.64 Å². The molecule has 1 saturated heterocycles. The molecule has 4 rings (SSSR count). The Morgan fingerprint density at radius 1 is 1.15 bits per heavy atom. The van der Waals surface area contributed by atoms with Crippen LogP contribution in [0.2, 0.25) is 0 Å². The van der Waals surface area contributed by atoms with Crippen LogP contribution in [0.4, 0.5) is 20.8 Å². The van der Waals surface area contributed by atoms with Crippen LogP contribution in [0, 0.1) is 13.5 Å². The third-order valence-corrected chi connectivity index (χ3v) is 5.91. The summed E-state index contributed by atoms with van der Waals surface area (Å²) in [5, 5.41) is 10.9. The molecule has 27 heavy (non-hydrogen) atoms. The van der Waals surface area contributed by atoms with Crippen LogP contribution in [0.25, 0.3) is 16.1 Å². The molecule has 9 heteroatoms. The lowest BCUT2D eigenvalue weighted by Gasteiger charge is -2.25. The second kappa shape index (κ2) is 7.92. The Hall–Kier alpha value is -2.67. The Balaban J connectivity index is 1.59. The SMILES string of the molecule is [C-]#[N+]c1c(-c2ccccc2)nsc1N=Nc1sc(N2CCOCC2)nc1C. The minimum absolute atomic E-state index is 0.436. The van der Waals surface area contributed by atoms with E-state index in [1.165, 1.54) is 22.9 Å². The number of thiazole rings is 1. The molecule has 0 amide bonds. The summed E-state index contributed by atoms with van der Waals surface area (Å²) >= 11 is 2.70. The second-order valence-corrected chi connectivity index (χ2v) is 7.56. The highest BCUT2D eigenvalue weighted by atomic mass is 32.1. The zero-order valence-electron chi connectivity index (χ0n) is 14.6. The van der Waals surface area contributed by atoms with Gasteiger partial charge in [0.2, 0.25) is 0 Å². The van der Waals surface area contributed by atoms with E-state index in [4.69, 9.17) is 11.3 Å². The van der Waals surface area contributed by atoms with E-state index in [1.54, 1.807) is 0 Å². The van der Waals surface area contributed by atoms with E-state index < -0.39 is 0 Å². The van der Waals surface area contributed by atoms with Crippen LogP contribution in [0.15, 0.2) is 40.6 Å². The Bertz CT molecular complexity index is 999. The maximum Gasteiger partial charge on any atom is 0.252 e. The van der Waals surface area contributed by atoms with Gasteiger partial charge in [-0.3, -0.25) is 0 Å². The lowest BCUT2D eigenvalue weighted by Crippen LogP contribution is -2.36. The highest BCUT2D eigenvalue weighted by Crippen LogP contribution is 2.43. The van der Waals surface area contributed by atoms with E-state index in [0.717, 1.165) is 34.5 Å². The van der Waals surface area contributed by atoms with Crippen LogP contribution in [-0.4, -0.2) is 35.7 Å². The van der Waals surface area contributed by atoms with Gasteiger partial charge in [-0.1, -0.05) is 41.7 Å². The van der Waals surface area contributed by atoms with E-state index in [9.17, 15) is 0 Å². The average molecular weight is 397 g/mol. The van der Waals surface area contributed by atoms with Crippen LogP contribution in [0.1, 0.15) is 5.69 Å². The van der Waals surface area contributed by atoms with Crippen LogP contribution in [0.3, 0.4) is 0 Å². The molecule has 0 spiro atoms. The third kappa shape index (κ3) is 3.73. The van der Waals surface area contributed by atoms with Gasteiger partial charge in [0.15, 0.2) is 15.1 Å². The van der Waals surface area contributed by atoms with Crippen LogP contribution < -0.4 is 4.90 Å². The van der Waals surface area contributed by atoms with E-state index in [-0.39, 0.29) is 0 Å². The van der Waals surface area contributed by atoms with Gasteiger partial charge in [0.1, 0.15) is 0 Å². The van der Waals surface area contributed by atoms with Crippen molar-refractivity contribution in [2.24, 2.45) is 10.2 Å². The second-order valence-electron chi connectivity index (χ2n) is 5.85. The molecule has 0 aliphatic carbocycles. The van der Waals surface area contributed by atoms with Crippen molar-refractivity contribution >= 4 is 43.7 Å². The smallest absolute Gasteiger partial charge is 0.252 e. The molecule has 0 bridgehead atoms. The van der Waals surface area contributed by atoms with E-state index in [1.807, 2.05) is 37.3 Å². The number of nitrogens with zero attached hydrogens (tertiary/aromatic N) is 6. The van der Waals surface area contributed by atoms with Crippen molar-refractivity contribution in [3.05, 3.63) is 47.4 Å². The molecule has 2 aromatic heterocycles. The van der Waals surface area contributed by atoms with E-state index in [2.05, 4.69) is 29.3 Å². The molecule has 0 N–H and O–H groups in total. The van der Waals surface area contributed by atoms with Crippen molar-refractivity contribution in [3.63, 3.8) is 0 Å². The molecular weight excluding hydrogens is 380 g/mol. The standard InChI is InChI=1S/C18H16N6OS2/c1-12-16(26-18(20-12)24-8-10-25-11-9-24)21-22-17-15(19-2)14(23-27-17)13-6-4-3-5-7-13/h3-7H,8-11H2,1H3. The van der Waals surface area contributed by atoms with Crippen molar-refractivity contribution in [3.8, 4) is 11.3 Å². The molecule has 1 aromatic carbocycles. The normalized spacial score (nSPS) is 14.6. The lowest BCUT2D eigenvalue weighted by atomic mass is 10.1. The molecule has 1 aliphatic heterocycles. The summed E-state index contributed by atoms with van der Waals surface area (Å²) in [6.45, 7) is 12.5. The topological polar surface area (TPSA) is 67.3 Å². The Morgan fingerprint density at radius 2 is 1.89 bits per heavy atom. The Morgan fingerprint density at radius 3 is 2.63 bits per heavy atom. The maximum absolute atomic E-state index is 7.52. The molecule has 0 saturated carbocycles. The Labute approximate surface area is 165 Å². The van der Waals surface area contributed by atoms with Gasteiger partial charge in [-0.2, -0.15) is 0 Å². The molecule has 1 aliphatic rings. The van der Waals surface area contributed by atoms with E-state index in [0.29, 0.717) is 29.6 Å². The van der Waals surface area contributed by atoms with Crippen molar-refractivity contribution in [1.29, 1.82) is 0 Å². The number of azo groups is 1. The summed E-state index contributed by atoms with van der Waals surface area (Å²) in [6, 6.07) is 9.67. The van der Waals surface area contributed by atoms with Gasteiger partial charge in [-0.05, 0) is 24.0 Å². The summed E-state index contributed by atoms with van der Waals surface area (Å²) in [7, 11) is 0. The highest BCUT2D eigenvalue weighted by molar-refractivity contribution is 7.19. The largest absolute Gasteiger partial charge is 0.378 e. The summed E-state index contributed by atoms with van der Waals surface area (Å²) in [4.78, 5) is 10.4. The summed E-state index contributed by atoms with van der Waals surface area (Å²) in [5.41, 5.74) is 2.83. The number of morpholine rings is 1. The Kier molecular flexibility index (Phi) is 5.20. The van der Waals surface area contributed by atoms with Gasteiger partial charge in [-0.15, -0.1) is 10.2 Å². The van der Waals surface area contributed by atoms with Gasteiger partial charge in [0.05, 0.1) is 31.2 Å². The summed E-state index contributed by atoms with van der Waals surface area (Å²) in [5.74, 6) is 0. The van der Waals surface area contributed by atoms with Crippen molar-refractivity contribution in [2.45, 2.75) is 6.92 Å². The number of aromatic nitrogens is 2. The third-order valence-electron chi connectivity index (χ3n) is 4.08. The van der Waals surface area contributed by atoms with E-state index >= 15 is 0 Å². The molecule has 0 radical (unpaired) electrons. The molecular formula is C18H16N6OS2. The quantitative estimate of drug-likeness (QED) is 0.439. The number of anilines is 1. The fourth-order valence-corrected chi connectivity index (χ4v) is 4.29. The zero-order valence-corrected chi connectivity index (χ0v) is 16.3. The fraction of sp³-hybridized carbons (Fsp3) is 0.278. The number of ether oxygens (including phenoxy) is 1. The molecule has 3 heterocycles. The summed E-state index contributed by atoms with van der Waals surface area (Å²) in [6.07, 6.45) is 0. The monoisotopic (exact) mass is 396 g/mol. The number of rotatable bonds is 4. The molecule has 7 nitrogen and oxygen atoms in total. The minimum Gasteiger partial charge on any atom is -0.378 e. The first-order chi connectivity index (χ1) is 13.3. The first kappa shape index (κ1) is 17.7. The van der Waals surface area contributed by atoms with Gasteiger partial charge in [0.25, 0.3) is 5.69 Å². The number of aryl methyl sites for hydroxylation is 1. The maximum atomic E-state index is 7.52. The van der Waals surface area contributed by atoms with Crippen LogP contribution in [0.5, 0.6) is 0 Å².